The van der Waals surface area contributed by atoms with Crippen LogP contribution in [0, 0.1) is 17.2 Å². The van der Waals surface area contributed by atoms with Gasteiger partial charge < -0.3 is 37.8 Å². The summed E-state index contributed by atoms with van der Waals surface area (Å²) < 4.78 is 0. The summed E-state index contributed by atoms with van der Waals surface area (Å²) >= 11 is 0. The van der Waals surface area contributed by atoms with Crippen molar-refractivity contribution in [2.75, 3.05) is 6.54 Å². The van der Waals surface area contributed by atoms with E-state index in [0.29, 0.717) is 13.0 Å². The van der Waals surface area contributed by atoms with Crippen LogP contribution >= 0.6 is 0 Å². The van der Waals surface area contributed by atoms with E-state index in [-0.39, 0.29) is 37.1 Å². The van der Waals surface area contributed by atoms with Crippen molar-refractivity contribution >= 4 is 29.7 Å². The third kappa shape index (κ3) is 12.0. The molecule has 12 nitrogen and oxygen atoms in total. The van der Waals surface area contributed by atoms with E-state index in [1.807, 2.05) is 19.9 Å². The third-order valence-corrected chi connectivity index (χ3v) is 5.88. The molecule has 0 spiro atoms. The molecule has 0 aliphatic heterocycles. The van der Waals surface area contributed by atoms with Gasteiger partial charge in [-0.1, -0.05) is 58.0 Å². The van der Waals surface area contributed by atoms with E-state index >= 15 is 0 Å². The van der Waals surface area contributed by atoms with Gasteiger partial charge in [0, 0.05) is 13.0 Å². The molecular weight excluding hydrogens is 490 g/mol. The first-order chi connectivity index (χ1) is 17.8. The number of benzene rings is 1. The summed E-state index contributed by atoms with van der Waals surface area (Å²) in [5.41, 5.74) is 12.0. The van der Waals surface area contributed by atoms with Crippen molar-refractivity contribution in [2.24, 2.45) is 23.3 Å². The molecule has 0 aromatic heterocycles. The molecule has 0 radical (unpaired) electrons. The smallest absolute Gasteiger partial charge is 0.326 e. The van der Waals surface area contributed by atoms with Gasteiger partial charge in [0.25, 0.3) is 0 Å². The van der Waals surface area contributed by atoms with Crippen LogP contribution in [0.4, 0.5) is 0 Å². The quantitative estimate of drug-likeness (QED) is 0.0824. The monoisotopic (exact) mass is 533 g/mol. The van der Waals surface area contributed by atoms with Gasteiger partial charge in [-0.2, -0.15) is 0 Å². The van der Waals surface area contributed by atoms with Crippen molar-refractivity contribution in [3.05, 3.63) is 35.9 Å². The number of rotatable bonds is 16. The molecule has 1 aromatic carbocycles. The number of carbonyl (C=O) groups excluding carboxylic acids is 3. The Labute approximate surface area is 224 Å². The molecule has 0 fully saturated rings. The molecule has 0 saturated heterocycles. The number of hydrogen-bond donors (Lipinski definition) is 8. The number of amides is 3. The molecule has 3 amide bonds. The fraction of sp³-hybridized carbons (Fsp3) is 0.577. The predicted octanol–water partition coefficient (Wildman–Crippen LogP) is 0.0608. The number of carboxylic acids is 1. The van der Waals surface area contributed by atoms with E-state index in [9.17, 15) is 24.3 Å². The molecule has 0 aliphatic carbocycles. The van der Waals surface area contributed by atoms with Gasteiger partial charge in [0.15, 0.2) is 5.96 Å². The zero-order valence-corrected chi connectivity index (χ0v) is 22.6. The van der Waals surface area contributed by atoms with Crippen LogP contribution in [0.25, 0.3) is 0 Å². The van der Waals surface area contributed by atoms with Gasteiger partial charge in [0.2, 0.25) is 17.7 Å². The van der Waals surface area contributed by atoms with Crippen molar-refractivity contribution in [3.63, 3.8) is 0 Å². The molecule has 0 saturated carbocycles. The van der Waals surface area contributed by atoms with E-state index in [0.717, 1.165) is 5.56 Å². The van der Waals surface area contributed by atoms with Crippen LogP contribution in [0.5, 0.6) is 0 Å². The molecule has 10 N–H and O–H groups in total. The van der Waals surface area contributed by atoms with E-state index in [2.05, 4.69) is 21.3 Å². The van der Waals surface area contributed by atoms with E-state index in [1.54, 1.807) is 38.1 Å². The lowest BCUT2D eigenvalue weighted by Crippen LogP contribution is -2.58. The Morgan fingerprint density at radius 3 is 1.97 bits per heavy atom. The van der Waals surface area contributed by atoms with Crippen molar-refractivity contribution in [1.82, 2.24) is 21.3 Å². The Hall–Kier alpha value is -3.67. The number of aliphatic carboxylic acids is 1. The highest BCUT2D eigenvalue weighted by Crippen LogP contribution is 2.10. The predicted molar refractivity (Wildman–Crippen MR) is 145 cm³/mol. The molecule has 38 heavy (non-hydrogen) atoms. The molecule has 0 unspecified atom stereocenters. The molecule has 0 aliphatic rings. The molecule has 212 valence electrons. The first-order valence-corrected chi connectivity index (χ1v) is 12.8. The maximum absolute atomic E-state index is 13.3. The van der Waals surface area contributed by atoms with Gasteiger partial charge in [-0.25, -0.2) is 4.79 Å². The van der Waals surface area contributed by atoms with Gasteiger partial charge >= 0.3 is 5.97 Å². The molecular formula is C26H43N7O5. The van der Waals surface area contributed by atoms with Crippen LogP contribution in [0.15, 0.2) is 30.3 Å². The molecule has 0 bridgehead atoms. The van der Waals surface area contributed by atoms with Gasteiger partial charge in [-0.15, -0.1) is 0 Å². The van der Waals surface area contributed by atoms with Gasteiger partial charge in [0.05, 0.1) is 6.04 Å². The molecule has 4 atom stereocenters. The van der Waals surface area contributed by atoms with Crippen LogP contribution < -0.4 is 32.7 Å². The molecule has 12 heteroatoms. The minimum absolute atomic E-state index is 0.00521. The highest BCUT2D eigenvalue weighted by molar-refractivity contribution is 5.94. The topological polar surface area (TPSA) is 213 Å². The summed E-state index contributed by atoms with van der Waals surface area (Å²) in [4.78, 5) is 50.9. The van der Waals surface area contributed by atoms with E-state index < -0.39 is 47.9 Å². The van der Waals surface area contributed by atoms with Crippen LogP contribution in [-0.2, 0) is 25.6 Å². The lowest BCUT2D eigenvalue weighted by molar-refractivity contribution is -0.142. The first-order valence-electron chi connectivity index (χ1n) is 12.8. The van der Waals surface area contributed by atoms with Crippen molar-refractivity contribution in [3.8, 4) is 0 Å². The van der Waals surface area contributed by atoms with E-state index in [4.69, 9.17) is 16.9 Å². The second-order valence-electron chi connectivity index (χ2n) is 10.1. The minimum Gasteiger partial charge on any atom is -0.480 e. The highest BCUT2D eigenvalue weighted by atomic mass is 16.4. The van der Waals surface area contributed by atoms with Gasteiger partial charge in [-0.3, -0.25) is 19.8 Å². The summed E-state index contributed by atoms with van der Waals surface area (Å²) in [6, 6.07) is 4.88. The highest BCUT2D eigenvalue weighted by Gasteiger charge is 2.31. The lowest BCUT2D eigenvalue weighted by atomic mass is 10.00. The Kier molecular flexibility index (Phi) is 13.8. The number of carboxylic acid groups (broad SMARTS) is 1. The zero-order valence-electron chi connectivity index (χ0n) is 22.6. The Morgan fingerprint density at radius 1 is 0.895 bits per heavy atom. The summed E-state index contributed by atoms with van der Waals surface area (Å²) in [5.74, 6) is -3.28. The molecule has 1 aromatic rings. The summed E-state index contributed by atoms with van der Waals surface area (Å²) in [6.07, 6.45) is 0.936. The van der Waals surface area contributed by atoms with Crippen molar-refractivity contribution in [2.45, 2.75) is 77.5 Å². The van der Waals surface area contributed by atoms with E-state index in [1.165, 1.54) is 0 Å². The maximum atomic E-state index is 13.3. The summed E-state index contributed by atoms with van der Waals surface area (Å²) in [5, 5.41) is 27.5. The largest absolute Gasteiger partial charge is 0.480 e. The Balaban J connectivity index is 3.02. The van der Waals surface area contributed by atoms with Crippen molar-refractivity contribution < 1.29 is 24.3 Å². The Bertz CT molecular complexity index is 939. The fourth-order valence-electron chi connectivity index (χ4n) is 3.67. The van der Waals surface area contributed by atoms with Crippen LogP contribution in [-0.4, -0.2) is 65.5 Å². The van der Waals surface area contributed by atoms with Gasteiger partial charge in [0.1, 0.15) is 18.1 Å². The first kappa shape index (κ1) is 32.4. The number of carbonyl (C=O) groups is 4. The molecule has 1 rings (SSSR count). The maximum Gasteiger partial charge on any atom is 0.326 e. The number of nitrogens with one attached hydrogen (secondary N) is 5. The second-order valence-corrected chi connectivity index (χ2v) is 10.1. The fourth-order valence-corrected chi connectivity index (χ4v) is 3.67. The minimum atomic E-state index is -1.19. The third-order valence-electron chi connectivity index (χ3n) is 5.88. The Morgan fingerprint density at radius 2 is 1.45 bits per heavy atom. The average Bonchev–Trinajstić information content (AvgIpc) is 2.84. The number of guanidine groups is 1. The SMILES string of the molecule is CC(C)C[C@H](NC(=O)[C@H](CCCNC(=N)N)NC(=O)[C@@H](N)C(C)C)C(=O)N[C@@H](Cc1ccccc1)C(=O)O. The van der Waals surface area contributed by atoms with Crippen LogP contribution in [0.3, 0.4) is 0 Å². The number of hydrogen-bond acceptors (Lipinski definition) is 6. The van der Waals surface area contributed by atoms with Crippen LogP contribution in [0.2, 0.25) is 0 Å². The molecule has 0 heterocycles. The van der Waals surface area contributed by atoms with Crippen molar-refractivity contribution in [1.29, 1.82) is 5.41 Å². The number of nitrogens with two attached hydrogens (primary N) is 2. The lowest BCUT2D eigenvalue weighted by Gasteiger charge is -2.26. The normalized spacial score (nSPS) is 14.2. The average molecular weight is 534 g/mol. The van der Waals surface area contributed by atoms with Crippen LogP contribution in [0.1, 0.15) is 52.5 Å². The summed E-state index contributed by atoms with van der Waals surface area (Å²) in [7, 11) is 0. The standard InChI is InChI=1S/C26H43N7O5/c1-15(2)13-19(23(35)33-20(25(37)38)14-17-9-6-5-7-10-17)32-22(34)18(11-8-12-30-26(28)29)31-24(36)21(27)16(3)4/h5-7,9-10,15-16,18-21H,8,11-14,27H2,1-4H3,(H,31,36)(H,32,34)(H,33,35)(H,37,38)(H4,28,29,30)/t18-,19-,20-,21-/m0/s1. The zero-order chi connectivity index (χ0) is 28.8. The summed E-state index contributed by atoms with van der Waals surface area (Å²) in [6.45, 7) is 7.63. The second kappa shape index (κ2) is 16.2. The van der Waals surface area contributed by atoms with Gasteiger partial charge in [-0.05, 0) is 36.7 Å².